The third kappa shape index (κ3) is 4.06. The van der Waals surface area contributed by atoms with Crippen molar-refractivity contribution in [3.63, 3.8) is 0 Å². The van der Waals surface area contributed by atoms with Gasteiger partial charge in [-0.25, -0.2) is 0 Å². The molecule has 3 heteroatoms. The fourth-order valence-electron chi connectivity index (χ4n) is 2.58. The molecule has 2 aromatic rings. The van der Waals surface area contributed by atoms with Crippen LogP contribution in [0.15, 0.2) is 24.3 Å². The lowest BCUT2D eigenvalue weighted by molar-refractivity contribution is 0.0936. The minimum Gasteiger partial charge on any atom is -0.350 e. The molecule has 0 saturated heterocycles. The first-order chi connectivity index (χ1) is 10.4. The van der Waals surface area contributed by atoms with Crippen LogP contribution in [0.1, 0.15) is 55.2 Å². The molecule has 0 fully saturated rings. The molecule has 0 spiro atoms. The van der Waals surface area contributed by atoms with E-state index in [0.717, 1.165) is 29.4 Å². The van der Waals surface area contributed by atoms with Gasteiger partial charge in [0.05, 0.1) is 16.8 Å². The first-order valence-corrected chi connectivity index (χ1v) is 8.05. The van der Waals surface area contributed by atoms with Gasteiger partial charge in [-0.05, 0) is 57.7 Å². The number of carbonyl (C=O) groups is 1. The molecule has 1 atom stereocenters. The maximum atomic E-state index is 12.5. The van der Waals surface area contributed by atoms with E-state index < -0.39 is 0 Å². The molecule has 0 saturated carbocycles. The van der Waals surface area contributed by atoms with Gasteiger partial charge >= 0.3 is 0 Å². The van der Waals surface area contributed by atoms with Crippen LogP contribution < -0.4 is 5.32 Å². The Morgan fingerprint density at radius 3 is 2.55 bits per heavy atom. The molecular formula is C19H26N2O. The second-order valence-electron chi connectivity index (χ2n) is 6.66. The number of carbonyl (C=O) groups excluding carboxylic acids is 1. The van der Waals surface area contributed by atoms with Gasteiger partial charge in [0.15, 0.2) is 0 Å². The smallest absolute Gasteiger partial charge is 0.253 e. The summed E-state index contributed by atoms with van der Waals surface area (Å²) in [6, 6.07) is 8.26. The van der Waals surface area contributed by atoms with Crippen LogP contribution in [-0.4, -0.2) is 16.9 Å². The fraction of sp³-hybridized carbons (Fsp3) is 0.474. The molecule has 3 nitrogen and oxygen atoms in total. The summed E-state index contributed by atoms with van der Waals surface area (Å²) in [4.78, 5) is 17.1. The number of rotatable bonds is 5. The molecule has 2 rings (SSSR count). The molecule has 1 aromatic carbocycles. The van der Waals surface area contributed by atoms with Gasteiger partial charge in [-0.3, -0.25) is 9.78 Å². The molecule has 0 radical (unpaired) electrons. The van der Waals surface area contributed by atoms with E-state index in [-0.39, 0.29) is 11.9 Å². The Hall–Kier alpha value is -1.90. The van der Waals surface area contributed by atoms with Crippen molar-refractivity contribution < 1.29 is 4.79 Å². The van der Waals surface area contributed by atoms with Crippen LogP contribution in [0.2, 0.25) is 0 Å². The summed E-state index contributed by atoms with van der Waals surface area (Å²) in [5.74, 6) is 0.635. The summed E-state index contributed by atoms with van der Waals surface area (Å²) in [6.07, 6.45) is 2.12. The highest BCUT2D eigenvalue weighted by Crippen LogP contribution is 2.18. The van der Waals surface area contributed by atoms with Crippen LogP contribution in [0, 0.1) is 19.8 Å². The quantitative estimate of drug-likeness (QED) is 0.888. The first kappa shape index (κ1) is 16.5. The number of aromatic nitrogens is 1. The van der Waals surface area contributed by atoms with E-state index in [9.17, 15) is 4.79 Å². The van der Waals surface area contributed by atoms with E-state index in [4.69, 9.17) is 0 Å². The SMILES string of the molecule is Cc1ccc2nc(C)c(C(=O)NC(C)CCC(C)C)cc2c1. The summed E-state index contributed by atoms with van der Waals surface area (Å²) >= 11 is 0. The van der Waals surface area contributed by atoms with Gasteiger partial charge in [-0.15, -0.1) is 0 Å². The Labute approximate surface area is 133 Å². The molecule has 0 aliphatic carbocycles. The van der Waals surface area contributed by atoms with E-state index in [1.54, 1.807) is 0 Å². The minimum atomic E-state index is -0.0235. The van der Waals surface area contributed by atoms with Crippen LogP contribution in [0.5, 0.6) is 0 Å². The second-order valence-corrected chi connectivity index (χ2v) is 6.66. The zero-order valence-electron chi connectivity index (χ0n) is 14.2. The second kappa shape index (κ2) is 6.91. The van der Waals surface area contributed by atoms with Crippen molar-refractivity contribution in [3.8, 4) is 0 Å². The standard InChI is InChI=1S/C19H26N2O/c1-12(2)6-8-14(4)20-19(22)17-11-16-10-13(3)7-9-18(16)21-15(17)5/h7,9-12,14H,6,8H2,1-5H3,(H,20,22). The molecule has 118 valence electrons. The zero-order chi connectivity index (χ0) is 16.3. The van der Waals surface area contributed by atoms with Crippen molar-refractivity contribution >= 4 is 16.8 Å². The maximum Gasteiger partial charge on any atom is 0.253 e. The predicted molar refractivity (Wildman–Crippen MR) is 92.2 cm³/mol. The van der Waals surface area contributed by atoms with E-state index in [2.05, 4.69) is 37.1 Å². The molecule has 1 aromatic heterocycles. The first-order valence-electron chi connectivity index (χ1n) is 8.05. The van der Waals surface area contributed by atoms with Gasteiger partial charge in [0.2, 0.25) is 0 Å². The van der Waals surface area contributed by atoms with Gasteiger partial charge in [0.1, 0.15) is 0 Å². The molecule has 1 unspecified atom stereocenters. The number of aryl methyl sites for hydroxylation is 2. The molecule has 22 heavy (non-hydrogen) atoms. The Kier molecular flexibility index (Phi) is 5.17. The predicted octanol–water partition coefficient (Wildman–Crippen LogP) is 4.41. The summed E-state index contributed by atoms with van der Waals surface area (Å²) in [5.41, 5.74) is 3.57. The molecule has 1 N–H and O–H groups in total. The number of nitrogens with one attached hydrogen (secondary N) is 1. The summed E-state index contributed by atoms with van der Waals surface area (Å²) in [7, 11) is 0. The van der Waals surface area contributed by atoms with Gasteiger partial charge in [-0.1, -0.05) is 25.5 Å². The number of hydrogen-bond donors (Lipinski definition) is 1. The van der Waals surface area contributed by atoms with Crippen LogP contribution in [0.3, 0.4) is 0 Å². The van der Waals surface area contributed by atoms with Crippen molar-refractivity contribution in [1.82, 2.24) is 10.3 Å². The average Bonchev–Trinajstić information content (AvgIpc) is 2.44. The molecule has 0 bridgehead atoms. The van der Waals surface area contributed by atoms with E-state index >= 15 is 0 Å². The summed E-state index contributed by atoms with van der Waals surface area (Å²) in [6.45, 7) is 10.4. The van der Waals surface area contributed by atoms with Crippen LogP contribution in [-0.2, 0) is 0 Å². The topological polar surface area (TPSA) is 42.0 Å². The number of fused-ring (bicyclic) bond motifs is 1. The highest BCUT2D eigenvalue weighted by Gasteiger charge is 2.14. The largest absolute Gasteiger partial charge is 0.350 e. The monoisotopic (exact) mass is 298 g/mol. The van der Waals surface area contributed by atoms with Gasteiger partial charge < -0.3 is 5.32 Å². The van der Waals surface area contributed by atoms with Gasteiger partial charge in [-0.2, -0.15) is 0 Å². The van der Waals surface area contributed by atoms with Crippen molar-refractivity contribution in [2.24, 2.45) is 5.92 Å². The molecule has 0 aliphatic rings. The average molecular weight is 298 g/mol. The highest BCUT2D eigenvalue weighted by atomic mass is 16.1. The summed E-state index contributed by atoms with van der Waals surface area (Å²) in [5, 5.41) is 4.11. The number of pyridine rings is 1. The van der Waals surface area contributed by atoms with Gasteiger partial charge in [0, 0.05) is 11.4 Å². The molecular weight excluding hydrogens is 272 g/mol. The van der Waals surface area contributed by atoms with Gasteiger partial charge in [0.25, 0.3) is 5.91 Å². The lowest BCUT2D eigenvalue weighted by atomic mass is 10.0. The zero-order valence-corrected chi connectivity index (χ0v) is 14.2. The van der Waals surface area contributed by atoms with Crippen molar-refractivity contribution in [1.29, 1.82) is 0 Å². The van der Waals surface area contributed by atoms with Crippen LogP contribution >= 0.6 is 0 Å². The maximum absolute atomic E-state index is 12.5. The van der Waals surface area contributed by atoms with Crippen molar-refractivity contribution in [3.05, 3.63) is 41.1 Å². The number of nitrogens with zero attached hydrogens (tertiary/aromatic N) is 1. The summed E-state index contributed by atoms with van der Waals surface area (Å²) < 4.78 is 0. The number of benzene rings is 1. The highest BCUT2D eigenvalue weighted by molar-refractivity contribution is 5.98. The van der Waals surface area contributed by atoms with Crippen LogP contribution in [0.25, 0.3) is 10.9 Å². The van der Waals surface area contributed by atoms with E-state index in [1.165, 1.54) is 5.56 Å². The fourth-order valence-corrected chi connectivity index (χ4v) is 2.58. The Balaban J connectivity index is 2.18. The lowest BCUT2D eigenvalue weighted by Crippen LogP contribution is -2.33. The Morgan fingerprint density at radius 1 is 1.14 bits per heavy atom. The van der Waals surface area contributed by atoms with Crippen molar-refractivity contribution in [2.75, 3.05) is 0 Å². The Morgan fingerprint density at radius 2 is 1.86 bits per heavy atom. The van der Waals surface area contributed by atoms with Crippen molar-refractivity contribution in [2.45, 2.75) is 53.5 Å². The lowest BCUT2D eigenvalue weighted by Gasteiger charge is -2.16. The Bertz CT molecular complexity index is 676. The van der Waals surface area contributed by atoms with Crippen LogP contribution in [0.4, 0.5) is 0 Å². The third-order valence-electron chi connectivity index (χ3n) is 3.96. The molecule has 1 amide bonds. The molecule has 0 aliphatic heterocycles. The van der Waals surface area contributed by atoms with E-state index in [1.807, 2.05) is 32.0 Å². The normalized spacial score (nSPS) is 12.6. The van der Waals surface area contributed by atoms with E-state index in [0.29, 0.717) is 11.5 Å². The number of hydrogen-bond acceptors (Lipinski definition) is 2. The molecule has 1 heterocycles. The number of amides is 1. The third-order valence-corrected chi connectivity index (χ3v) is 3.96. The minimum absolute atomic E-state index is 0.0235.